The molecule has 0 aliphatic heterocycles. The third-order valence-electron chi connectivity index (χ3n) is 3.36. The van der Waals surface area contributed by atoms with E-state index in [-0.39, 0.29) is 17.8 Å². The number of nitrogens with zero attached hydrogens (tertiary/aromatic N) is 5. The van der Waals surface area contributed by atoms with Crippen LogP contribution in [0, 0.1) is 6.92 Å². The molecule has 0 radical (unpaired) electrons. The van der Waals surface area contributed by atoms with Gasteiger partial charge in [-0.3, -0.25) is 4.40 Å². The largest absolute Gasteiger partial charge is 0.481 e. The zero-order valence-electron chi connectivity index (χ0n) is 13.0. The van der Waals surface area contributed by atoms with Gasteiger partial charge < -0.3 is 15.2 Å². The summed E-state index contributed by atoms with van der Waals surface area (Å²) in [5.41, 5.74) is 1.31. The zero-order chi connectivity index (χ0) is 16.6. The second kappa shape index (κ2) is 6.05. The van der Waals surface area contributed by atoms with Gasteiger partial charge in [-0.05, 0) is 13.8 Å². The lowest BCUT2D eigenvalue weighted by Crippen LogP contribution is -2.23. The molecule has 9 heteroatoms. The fourth-order valence-electron chi connectivity index (χ4n) is 2.29. The average molecular weight is 337 g/mol. The molecule has 3 aromatic rings. The van der Waals surface area contributed by atoms with Crippen molar-refractivity contribution in [1.29, 1.82) is 0 Å². The van der Waals surface area contributed by atoms with E-state index in [1.807, 2.05) is 13.8 Å². The van der Waals surface area contributed by atoms with Gasteiger partial charge >= 0.3 is 0 Å². The maximum atomic E-state index is 9.37. The Morgan fingerprint density at radius 2 is 2.26 bits per heavy atom. The smallest absolute Gasteiger partial charge is 0.236 e. The van der Waals surface area contributed by atoms with E-state index in [0.29, 0.717) is 23.2 Å². The van der Waals surface area contributed by atoms with Crippen molar-refractivity contribution in [3.8, 4) is 11.6 Å². The molecule has 23 heavy (non-hydrogen) atoms. The fraction of sp³-hybridized carbons (Fsp3) is 0.357. The first-order valence-corrected chi connectivity index (χ1v) is 7.44. The maximum absolute atomic E-state index is 9.37. The molecule has 0 aromatic carbocycles. The van der Waals surface area contributed by atoms with Gasteiger partial charge in [0.2, 0.25) is 11.7 Å². The lowest BCUT2D eigenvalue weighted by Gasteiger charge is -2.19. The van der Waals surface area contributed by atoms with Crippen molar-refractivity contribution in [3.05, 3.63) is 29.3 Å². The second-order valence-electron chi connectivity index (χ2n) is 5.16. The molecule has 3 rings (SSSR count). The number of aliphatic hydroxyl groups is 1. The van der Waals surface area contributed by atoms with Gasteiger partial charge in [-0.25, -0.2) is 4.98 Å². The Balaban J connectivity index is 2.29. The predicted molar refractivity (Wildman–Crippen MR) is 86.6 cm³/mol. The van der Waals surface area contributed by atoms with Gasteiger partial charge in [0, 0.05) is 24.5 Å². The highest BCUT2D eigenvalue weighted by Crippen LogP contribution is 2.31. The summed E-state index contributed by atoms with van der Waals surface area (Å²) >= 11 is 6.38. The lowest BCUT2D eigenvalue weighted by molar-refractivity contribution is 0.281. The Kier molecular flexibility index (Phi) is 4.10. The standard InChI is InChI=1S/C14H17ClN6O2/c1-8-6-10(23-3)21(19-8)11-12(15)18-14-16-4-5-20(14)13(11)17-9(2)7-22/h4-6,9,17,22H,7H2,1-3H3. The van der Waals surface area contributed by atoms with Crippen LogP contribution in [0.15, 0.2) is 18.5 Å². The molecular weight excluding hydrogens is 320 g/mol. The Labute approximate surface area is 137 Å². The molecule has 0 aliphatic rings. The molecule has 0 saturated carbocycles. The van der Waals surface area contributed by atoms with Gasteiger partial charge in [-0.15, -0.1) is 0 Å². The molecule has 122 valence electrons. The van der Waals surface area contributed by atoms with Crippen molar-refractivity contribution >= 4 is 23.2 Å². The number of hydrogen-bond donors (Lipinski definition) is 2. The number of aromatic nitrogens is 5. The fourth-order valence-corrected chi connectivity index (χ4v) is 2.54. The van der Waals surface area contributed by atoms with E-state index in [1.165, 1.54) is 0 Å². The molecule has 1 atom stereocenters. The first kappa shape index (κ1) is 15.6. The Hall–Kier alpha value is -2.32. The molecule has 3 aromatic heterocycles. The highest BCUT2D eigenvalue weighted by atomic mass is 35.5. The zero-order valence-corrected chi connectivity index (χ0v) is 13.7. The predicted octanol–water partition coefficient (Wildman–Crippen LogP) is 1.68. The number of fused-ring (bicyclic) bond motifs is 1. The van der Waals surface area contributed by atoms with Crippen molar-refractivity contribution < 1.29 is 9.84 Å². The van der Waals surface area contributed by atoms with Crippen LogP contribution in [-0.2, 0) is 0 Å². The van der Waals surface area contributed by atoms with E-state index < -0.39 is 0 Å². The summed E-state index contributed by atoms with van der Waals surface area (Å²) < 4.78 is 8.70. The van der Waals surface area contributed by atoms with Gasteiger partial charge in [0.05, 0.1) is 19.4 Å². The number of rotatable bonds is 5. The van der Waals surface area contributed by atoms with Crippen LogP contribution in [0.25, 0.3) is 11.5 Å². The van der Waals surface area contributed by atoms with E-state index in [1.54, 1.807) is 34.7 Å². The molecule has 0 saturated heterocycles. The van der Waals surface area contributed by atoms with Crippen molar-refractivity contribution in [2.75, 3.05) is 19.0 Å². The van der Waals surface area contributed by atoms with Crippen LogP contribution in [0.2, 0.25) is 5.15 Å². The van der Waals surface area contributed by atoms with E-state index in [0.717, 1.165) is 5.69 Å². The molecule has 2 N–H and O–H groups in total. The van der Waals surface area contributed by atoms with Crippen LogP contribution in [0.1, 0.15) is 12.6 Å². The van der Waals surface area contributed by atoms with Crippen LogP contribution >= 0.6 is 11.6 Å². The first-order valence-electron chi connectivity index (χ1n) is 7.06. The summed E-state index contributed by atoms with van der Waals surface area (Å²) in [5, 5.41) is 17.3. The van der Waals surface area contributed by atoms with Gasteiger partial charge in [0.1, 0.15) is 11.5 Å². The van der Waals surface area contributed by atoms with Gasteiger partial charge in [-0.2, -0.15) is 14.8 Å². The van der Waals surface area contributed by atoms with Crippen molar-refractivity contribution in [2.45, 2.75) is 19.9 Å². The first-order chi connectivity index (χ1) is 11.0. The number of anilines is 1. The van der Waals surface area contributed by atoms with Gasteiger partial charge in [0.25, 0.3) is 0 Å². The third-order valence-corrected chi connectivity index (χ3v) is 3.62. The molecule has 0 amide bonds. The molecule has 3 heterocycles. The van der Waals surface area contributed by atoms with Gasteiger partial charge in [0.15, 0.2) is 5.15 Å². The molecule has 0 fully saturated rings. The third kappa shape index (κ3) is 2.71. The number of imidazole rings is 1. The van der Waals surface area contributed by atoms with Crippen LogP contribution < -0.4 is 10.1 Å². The number of aliphatic hydroxyl groups excluding tert-OH is 1. The van der Waals surface area contributed by atoms with E-state index in [2.05, 4.69) is 20.4 Å². The topological polar surface area (TPSA) is 89.5 Å². The highest BCUT2D eigenvalue weighted by molar-refractivity contribution is 6.31. The number of ether oxygens (including phenoxy) is 1. The van der Waals surface area contributed by atoms with Crippen LogP contribution in [0.4, 0.5) is 5.82 Å². The minimum Gasteiger partial charge on any atom is -0.481 e. The average Bonchev–Trinajstić information content (AvgIpc) is 3.13. The quantitative estimate of drug-likeness (QED) is 0.689. The summed E-state index contributed by atoms with van der Waals surface area (Å²) in [5.74, 6) is 1.61. The molecule has 0 aliphatic carbocycles. The number of methoxy groups -OCH3 is 1. The Morgan fingerprint density at radius 1 is 1.48 bits per heavy atom. The number of halogens is 1. The number of hydrogen-bond acceptors (Lipinski definition) is 6. The minimum atomic E-state index is -0.194. The van der Waals surface area contributed by atoms with E-state index in [9.17, 15) is 5.11 Å². The van der Waals surface area contributed by atoms with Crippen LogP contribution in [0.5, 0.6) is 5.88 Å². The van der Waals surface area contributed by atoms with Crippen molar-refractivity contribution in [1.82, 2.24) is 24.1 Å². The number of nitrogens with one attached hydrogen (secondary N) is 1. The van der Waals surface area contributed by atoms with Crippen molar-refractivity contribution in [2.24, 2.45) is 0 Å². The monoisotopic (exact) mass is 336 g/mol. The van der Waals surface area contributed by atoms with E-state index in [4.69, 9.17) is 16.3 Å². The van der Waals surface area contributed by atoms with Crippen LogP contribution in [0.3, 0.4) is 0 Å². The van der Waals surface area contributed by atoms with Gasteiger partial charge in [-0.1, -0.05) is 11.6 Å². The maximum Gasteiger partial charge on any atom is 0.236 e. The Bertz CT molecular complexity index is 843. The Morgan fingerprint density at radius 3 is 2.96 bits per heavy atom. The molecular formula is C14H17ClN6O2. The molecule has 0 spiro atoms. The molecule has 0 bridgehead atoms. The molecule has 8 nitrogen and oxygen atoms in total. The summed E-state index contributed by atoms with van der Waals surface area (Å²) in [4.78, 5) is 8.45. The normalized spacial score (nSPS) is 12.6. The summed E-state index contributed by atoms with van der Waals surface area (Å²) in [6.07, 6.45) is 3.39. The number of aryl methyl sites for hydroxylation is 1. The van der Waals surface area contributed by atoms with Crippen LogP contribution in [-0.4, -0.2) is 49.0 Å². The highest BCUT2D eigenvalue weighted by Gasteiger charge is 2.21. The summed E-state index contributed by atoms with van der Waals surface area (Å²) in [7, 11) is 1.56. The minimum absolute atomic E-state index is 0.0369. The lowest BCUT2D eigenvalue weighted by atomic mass is 10.3. The van der Waals surface area contributed by atoms with E-state index >= 15 is 0 Å². The second-order valence-corrected chi connectivity index (χ2v) is 5.52. The van der Waals surface area contributed by atoms with Crippen molar-refractivity contribution in [3.63, 3.8) is 0 Å². The summed E-state index contributed by atoms with van der Waals surface area (Å²) in [6.45, 7) is 3.68. The SMILES string of the molecule is COc1cc(C)nn1-c1c(Cl)nc2nccn2c1NC(C)CO. The molecule has 1 unspecified atom stereocenters. The summed E-state index contributed by atoms with van der Waals surface area (Å²) in [6, 6.07) is 1.61.